The van der Waals surface area contributed by atoms with Crippen LogP contribution in [0.4, 0.5) is 5.69 Å². The number of hydrogen-bond donors (Lipinski definition) is 1. The smallest absolute Gasteiger partial charge is 0.254 e. The highest BCUT2D eigenvalue weighted by Crippen LogP contribution is 2.34. The summed E-state index contributed by atoms with van der Waals surface area (Å²) in [4.78, 5) is 0. The van der Waals surface area contributed by atoms with Crippen molar-refractivity contribution < 1.29 is 8.94 Å². The van der Waals surface area contributed by atoms with Gasteiger partial charge in [-0.3, -0.25) is 0 Å². The fourth-order valence-electron chi connectivity index (χ4n) is 2.48. The second-order valence-electron chi connectivity index (χ2n) is 5.36. The summed E-state index contributed by atoms with van der Waals surface area (Å²) >= 11 is 0. The fourth-order valence-corrected chi connectivity index (χ4v) is 2.48. The third-order valence-electron chi connectivity index (χ3n) is 3.71. The van der Waals surface area contributed by atoms with Crippen molar-refractivity contribution in [1.82, 2.24) is 15.4 Å². The first-order valence-corrected chi connectivity index (χ1v) is 7.44. The number of hydrogen-bond acceptors (Lipinski definition) is 6. The number of nitrogen functional groups attached to an aromatic ring is 1. The molecule has 6 nitrogen and oxygen atoms in total. The van der Waals surface area contributed by atoms with Gasteiger partial charge in [0.25, 0.3) is 5.89 Å². The van der Waals surface area contributed by atoms with Crippen LogP contribution in [-0.4, -0.2) is 15.4 Å². The van der Waals surface area contributed by atoms with E-state index in [1.165, 1.54) is 0 Å². The molecule has 0 unspecified atom stereocenters. The summed E-state index contributed by atoms with van der Waals surface area (Å²) in [5, 5.41) is 12.4. The van der Waals surface area contributed by atoms with Crippen LogP contribution in [0, 0.1) is 6.92 Å². The van der Waals surface area contributed by atoms with E-state index >= 15 is 0 Å². The van der Waals surface area contributed by atoms with Gasteiger partial charge in [0.05, 0.1) is 0 Å². The topological polar surface area (TPSA) is 91.0 Å². The molecule has 2 aromatic heterocycles. The van der Waals surface area contributed by atoms with Gasteiger partial charge in [-0.1, -0.05) is 35.5 Å². The highest BCUT2D eigenvalue weighted by molar-refractivity contribution is 5.78. The Morgan fingerprint density at radius 3 is 2.29 bits per heavy atom. The highest BCUT2D eigenvalue weighted by Gasteiger charge is 2.22. The average molecular weight is 318 g/mol. The number of nitrogens with zero attached hydrogens (tertiary/aromatic N) is 3. The zero-order chi connectivity index (χ0) is 16.5. The predicted molar refractivity (Wildman–Crippen MR) is 89.8 cm³/mol. The summed E-state index contributed by atoms with van der Waals surface area (Å²) in [5.41, 5.74) is 9.50. The van der Waals surface area contributed by atoms with E-state index in [0.717, 1.165) is 11.1 Å². The van der Waals surface area contributed by atoms with Gasteiger partial charge in [-0.25, -0.2) is 0 Å². The summed E-state index contributed by atoms with van der Waals surface area (Å²) in [5.74, 6) is 1.42. The summed E-state index contributed by atoms with van der Waals surface area (Å²) in [6.07, 6.45) is 0. The van der Waals surface area contributed by atoms with Crippen LogP contribution in [0.25, 0.3) is 34.2 Å². The Morgan fingerprint density at radius 2 is 1.54 bits per heavy atom. The molecule has 2 aromatic carbocycles. The fraction of sp³-hybridized carbons (Fsp3) is 0.0556. The summed E-state index contributed by atoms with van der Waals surface area (Å²) < 4.78 is 11.2. The molecule has 4 aromatic rings. The highest BCUT2D eigenvalue weighted by atomic mass is 16.5. The van der Waals surface area contributed by atoms with Crippen molar-refractivity contribution in [1.29, 1.82) is 0 Å². The molecule has 24 heavy (non-hydrogen) atoms. The minimum atomic E-state index is 0.374. The Balaban J connectivity index is 1.78. The molecular formula is C18H14N4O2. The lowest BCUT2D eigenvalue weighted by Gasteiger charge is -1.98. The number of benzene rings is 2. The lowest BCUT2D eigenvalue weighted by atomic mass is 10.1. The predicted octanol–water partition coefficient (Wildman–Crippen LogP) is 3.95. The van der Waals surface area contributed by atoms with Gasteiger partial charge in [0, 0.05) is 16.8 Å². The van der Waals surface area contributed by atoms with Crippen LogP contribution in [0.15, 0.2) is 63.5 Å². The molecule has 4 rings (SSSR count). The van der Waals surface area contributed by atoms with E-state index in [2.05, 4.69) is 15.4 Å². The largest absolute Gasteiger partial charge is 0.416 e. The summed E-state index contributed by atoms with van der Waals surface area (Å²) in [6.45, 7) is 1.82. The van der Waals surface area contributed by atoms with Crippen LogP contribution in [0.5, 0.6) is 0 Å². The van der Waals surface area contributed by atoms with Gasteiger partial charge in [-0.15, -0.1) is 10.2 Å². The molecule has 0 bridgehead atoms. The van der Waals surface area contributed by atoms with Crippen LogP contribution in [0.2, 0.25) is 0 Å². The van der Waals surface area contributed by atoms with Gasteiger partial charge in [0.2, 0.25) is 5.89 Å². The zero-order valence-corrected chi connectivity index (χ0v) is 12.9. The van der Waals surface area contributed by atoms with Crippen LogP contribution >= 0.6 is 0 Å². The molecule has 118 valence electrons. The van der Waals surface area contributed by atoms with Crippen molar-refractivity contribution in [2.45, 2.75) is 6.92 Å². The van der Waals surface area contributed by atoms with Crippen molar-refractivity contribution in [2.24, 2.45) is 0 Å². The van der Waals surface area contributed by atoms with Crippen molar-refractivity contribution in [2.75, 3.05) is 5.73 Å². The number of anilines is 1. The normalized spacial score (nSPS) is 10.9. The Morgan fingerprint density at radius 1 is 0.833 bits per heavy atom. The maximum absolute atomic E-state index is 5.83. The van der Waals surface area contributed by atoms with Crippen LogP contribution < -0.4 is 5.73 Å². The lowest BCUT2D eigenvalue weighted by molar-refractivity contribution is 0.399. The van der Waals surface area contributed by atoms with E-state index in [9.17, 15) is 0 Å². The monoisotopic (exact) mass is 318 g/mol. The van der Waals surface area contributed by atoms with Crippen LogP contribution in [-0.2, 0) is 0 Å². The molecule has 0 fully saturated rings. The standard InChI is InChI=1S/C18H14N4O2/c1-11-15(16(22-24-11)12-5-3-2-4-6-12)18-21-20-17(23-18)13-7-9-14(19)10-8-13/h2-10H,19H2,1H3. The summed E-state index contributed by atoms with van der Waals surface area (Å²) in [6, 6.07) is 17.0. The number of nitrogens with two attached hydrogens (primary N) is 1. The number of aromatic nitrogens is 3. The molecule has 2 N–H and O–H groups in total. The third kappa shape index (κ3) is 2.44. The molecular weight excluding hydrogens is 304 g/mol. The van der Waals surface area contributed by atoms with E-state index in [0.29, 0.717) is 34.5 Å². The average Bonchev–Trinajstić information content (AvgIpc) is 3.23. The van der Waals surface area contributed by atoms with Gasteiger partial charge >= 0.3 is 0 Å². The molecule has 0 saturated carbocycles. The van der Waals surface area contributed by atoms with Crippen molar-refractivity contribution >= 4 is 5.69 Å². The minimum Gasteiger partial charge on any atom is -0.416 e. The Hall–Kier alpha value is -3.41. The molecule has 6 heteroatoms. The molecule has 0 atom stereocenters. The Kier molecular flexibility index (Phi) is 3.35. The van der Waals surface area contributed by atoms with Crippen molar-refractivity contribution in [3.05, 3.63) is 60.4 Å². The zero-order valence-electron chi connectivity index (χ0n) is 12.9. The molecule has 0 spiro atoms. The van der Waals surface area contributed by atoms with Gasteiger partial charge in [0.1, 0.15) is 17.0 Å². The number of rotatable bonds is 3. The first kappa shape index (κ1) is 14.2. The minimum absolute atomic E-state index is 0.374. The molecule has 0 radical (unpaired) electrons. The third-order valence-corrected chi connectivity index (χ3v) is 3.71. The second kappa shape index (κ2) is 5.66. The molecule has 0 aliphatic rings. The second-order valence-corrected chi connectivity index (χ2v) is 5.36. The van der Waals surface area contributed by atoms with E-state index < -0.39 is 0 Å². The SMILES string of the molecule is Cc1onc(-c2ccccc2)c1-c1nnc(-c2ccc(N)cc2)o1. The van der Waals surface area contributed by atoms with Crippen LogP contribution in [0.3, 0.4) is 0 Å². The van der Waals surface area contributed by atoms with Gasteiger partial charge in [0.15, 0.2) is 0 Å². The molecule has 0 saturated heterocycles. The quantitative estimate of drug-likeness (QED) is 0.575. The van der Waals surface area contributed by atoms with E-state index in [1.54, 1.807) is 12.1 Å². The maximum Gasteiger partial charge on any atom is 0.254 e. The molecule has 2 heterocycles. The Labute approximate surface area is 137 Å². The van der Waals surface area contributed by atoms with Crippen molar-refractivity contribution in [3.63, 3.8) is 0 Å². The van der Waals surface area contributed by atoms with Crippen molar-refractivity contribution in [3.8, 4) is 34.2 Å². The first-order valence-electron chi connectivity index (χ1n) is 7.44. The van der Waals surface area contributed by atoms with E-state index in [-0.39, 0.29) is 0 Å². The first-order chi connectivity index (χ1) is 11.7. The lowest BCUT2D eigenvalue weighted by Crippen LogP contribution is -1.84. The number of aryl methyl sites for hydroxylation is 1. The molecule has 0 amide bonds. The molecule has 0 aliphatic carbocycles. The Bertz CT molecular complexity index is 972. The summed E-state index contributed by atoms with van der Waals surface area (Å²) in [7, 11) is 0. The van der Waals surface area contributed by atoms with Gasteiger partial charge in [-0.05, 0) is 31.2 Å². The van der Waals surface area contributed by atoms with Gasteiger partial charge < -0.3 is 14.7 Å². The van der Waals surface area contributed by atoms with E-state index in [1.807, 2.05) is 49.4 Å². The molecule has 0 aliphatic heterocycles. The maximum atomic E-state index is 5.83. The van der Waals surface area contributed by atoms with Gasteiger partial charge in [-0.2, -0.15) is 0 Å². The van der Waals surface area contributed by atoms with E-state index in [4.69, 9.17) is 14.7 Å². The van der Waals surface area contributed by atoms with Crippen LogP contribution in [0.1, 0.15) is 5.76 Å².